The molecule has 0 bridgehead atoms. The summed E-state index contributed by atoms with van der Waals surface area (Å²) in [6.45, 7) is 2.99. The predicted molar refractivity (Wildman–Crippen MR) is 93.3 cm³/mol. The Morgan fingerprint density at radius 2 is 2.17 bits per heavy atom. The van der Waals surface area contributed by atoms with Gasteiger partial charge in [-0.1, -0.05) is 5.92 Å². The first-order chi connectivity index (χ1) is 11.7. The Morgan fingerprint density at radius 3 is 2.88 bits per heavy atom. The van der Waals surface area contributed by atoms with Gasteiger partial charge in [-0.15, -0.1) is 0 Å². The number of aromatic amines is 1. The van der Waals surface area contributed by atoms with Gasteiger partial charge in [0.1, 0.15) is 11.3 Å². The van der Waals surface area contributed by atoms with Crippen molar-refractivity contribution in [3.63, 3.8) is 0 Å². The van der Waals surface area contributed by atoms with Crippen LogP contribution < -0.4 is 0 Å². The van der Waals surface area contributed by atoms with Crippen LogP contribution >= 0.6 is 0 Å². The van der Waals surface area contributed by atoms with Gasteiger partial charge < -0.3 is 9.67 Å². The Morgan fingerprint density at radius 1 is 1.33 bits per heavy atom. The Hall–Kier alpha value is -2.58. The summed E-state index contributed by atoms with van der Waals surface area (Å²) < 4.78 is 2.17. The topological polar surface area (TPSA) is 66.7 Å². The van der Waals surface area contributed by atoms with E-state index in [-0.39, 0.29) is 0 Å². The van der Waals surface area contributed by atoms with Crippen molar-refractivity contribution in [3.8, 4) is 23.0 Å². The number of aliphatic hydroxyl groups is 1. The average Bonchev–Trinajstić information content (AvgIpc) is 3.32. The molecule has 1 aliphatic carbocycles. The van der Waals surface area contributed by atoms with E-state index in [0.717, 1.165) is 54.3 Å². The van der Waals surface area contributed by atoms with Crippen LogP contribution in [0.1, 0.15) is 38.3 Å². The molecule has 3 heterocycles. The molecule has 0 saturated heterocycles. The minimum absolute atomic E-state index is 0.696. The lowest BCUT2D eigenvalue weighted by molar-refractivity contribution is 0.110. The zero-order valence-electron chi connectivity index (χ0n) is 13.7. The second-order valence-corrected chi connectivity index (χ2v) is 6.39. The molecule has 4 rings (SSSR count). The molecule has 24 heavy (non-hydrogen) atoms. The fraction of sp³-hybridized carbons (Fsp3) is 0.368. The number of fused-ring (bicyclic) bond motifs is 1. The number of aryl methyl sites for hydroxylation is 1. The third kappa shape index (κ3) is 2.59. The average molecular weight is 320 g/mol. The summed E-state index contributed by atoms with van der Waals surface area (Å²) in [5.41, 5.74) is 3.11. The molecule has 0 atom stereocenters. The van der Waals surface area contributed by atoms with Gasteiger partial charge in [-0.25, -0.2) is 4.98 Å². The van der Waals surface area contributed by atoms with Crippen LogP contribution in [0.5, 0.6) is 0 Å². The Bertz CT molecular complexity index is 922. The van der Waals surface area contributed by atoms with Crippen LogP contribution in [0.2, 0.25) is 0 Å². The molecular formula is C19H20N4O. The predicted octanol–water partition coefficient (Wildman–Crippen LogP) is 3.10. The van der Waals surface area contributed by atoms with Crippen molar-refractivity contribution < 1.29 is 5.11 Å². The van der Waals surface area contributed by atoms with Crippen LogP contribution in [-0.4, -0.2) is 30.5 Å². The summed E-state index contributed by atoms with van der Waals surface area (Å²) in [5, 5.41) is 18.4. The standard InChI is InChI=1S/C19H20N4O/c1-2-23-13-17(14-10-21-22-11-14)16-9-15(20-12-18(16)23)5-8-19(24)6-3-4-7-19/h9-13,24H,2-4,6-7H2,1H3,(H,21,22). The van der Waals surface area contributed by atoms with Gasteiger partial charge in [0, 0.05) is 35.5 Å². The van der Waals surface area contributed by atoms with Crippen LogP contribution in [0.3, 0.4) is 0 Å². The Kier molecular flexibility index (Phi) is 3.62. The fourth-order valence-corrected chi connectivity index (χ4v) is 3.41. The maximum Gasteiger partial charge on any atom is 0.125 e. The van der Waals surface area contributed by atoms with Crippen LogP contribution in [0, 0.1) is 11.8 Å². The van der Waals surface area contributed by atoms with Gasteiger partial charge in [0.2, 0.25) is 0 Å². The summed E-state index contributed by atoms with van der Waals surface area (Å²) in [6.07, 6.45) is 11.3. The van der Waals surface area contributed by atoms with Crippen LogP contribution in [-0.2, 0) is 6.54 Å². The van der Waals surface area contributed by atoms with E-state index in [1.165, 1.54) is 0 Å². The molecule has 1 aliphatic rings. The van der Waals surface area contributed by atoms with Gasteiger partial charge >= 0.3 is 0 Å². The van der Waals surface area contributed by atoms with Gasteiger partial charge in [0.25, 0.3) is 0 Å². The normalized spacial score (nSPS) is 16.2. The molecule has 0 unspecified atom stereocenters. The van der Waals surface area contributed by atoms with E-state index in [2.05, 4.69) is 44.7 Å². The maximum absolute atomic E-state index is 10.4. The van der Waals surface area contributed by atoms with Crippen molar-refractivity contribution in [3.05, 3.63) is 36.5 Å². The Labute approximate surface area is 140 Å². The summed E-state index contributed by atoms with van der Waals surface area (Å²) in [6, 6.07) is 2.01. The highest BCUT2D eigenvalue weighted by Crippen LogP contribution is 2.31. The molecule has 1 saturated carbocycles. The van der Waals surface area contributed by atoms with Crippen molar-refractivity contribution in [2.75, 3.05) is 0 Å². The zero-order valence-corrected chi connectivity index (χ0v) is 13.7. The number of rotatable bonds is 2. The quantitative estimate of drug-likeness (QED) is 0.713. The van der Waals surface area contributed by atoms with Crippen molar-refractivity contribution in [1.29, 1.82) is 0 Å². The van der Waals surface area contributed by atoms with Crippen molar-refractivity contribution in [2.45, 2.75) is 44.8 Å². The largest absolute Gasteiger partial charge is 0.378 e. The van der Waals surface area contributed by atoms with Gasteiger partial charge in [-0.05, 0) is 44.6 Å². The highest BCUT2D eigenvalue weighted by molar-refractivity contribution is 5.96. The molecule has 1 fully saturated rings. The van der Waals surface area contributed by atoms with Crippen molar-refractivity contribution >= 4 is 10.9 Å². The second-order valence-electron chi connectivity index (χ2n) is 6.39. The number of H-pyrrole nitrogens is 1. The molecule has 0 spiro atoms. The van der Waals surface area contributed by atoms with E-state index in [9.17, 15) is 5.11 Å². The molecule has 5 heteroatoms. The molecule has 2 N–H and O–H groups in total. The Balaban J connectivity index is 1.80. The molecular weight excluding hydrogens is 300 g/mol. The van der Waals surface area contributed by atoms with E-state index in [1.54, 1.807) is 0 Å². The van der Waals surface area contributed by atoms with Gasteiger partial charge in [0.15, 0.2) is 0 Å². The summed E-state index contributed by atoms with van der Waals surface area (Å²) in [5.74, 6) is 6.11. The lowest BCUT2D eigenvalue weighted by Crippen LogP contribution is -2.20. The summed E-state index contributed by atoms with van der Waals surface area (Å²) >= 11 is 0. The minimum Gasteiger partial charge on any atom is -0.378 e. The molecule has 0 aromatic carbocycles. The zero-order chi connectivity index (χ0) is 16.6. The van der Waals surface area contributed by atoms with Crippen molar-refractivity contribution in [2.24, 2.45) is 0 Å². The number of aromatic nitrogens is 4. The number of nitrogens with zero attached hydrogens (tertiary/aromatic N) is 3. The van der Waals surface area contributed by atoms with Gasteiger partial charge in [-0.3, -0.25) is 5.10 Å². The second kappa shape index (κ2) is 5.81. The van der Waals surface area contributed by atoms with E-state index in [1.807, 2.05) is 24.7 Å². The van der Waals surface area contributed by atoms with Gasteiger partial charge in [0.05, 0.1) is 17.9 Å². The first kappa shape index (κ1) is 15.0. The van der Waals surface area contributed by atoms with Gasteiger partial charge in [-0.2, -0.15) is 5.10 Å². The summed E-state index contributed by atoms with van der Waals surface area (Å²) in [4.78, 5) is 4.47. The van der Waals surface area contributed by atoms with E-state index in [0.29, 0.717) is 5.69 Å². The van der Waals surface area contributed by atoms with E-state index in [4.69, 9.17) is 0 Å². The summed E-state index contributed by atoms with van der Waals surface area (Å²) in [7, 11) is 0. The highest BCUT2D eigenvalue weighted by atomic mass is 16.3. The third-order valence-corrected chi connectivity index (χ3v) is 4.77. The number of pyridine rings is 1. The molecule has 3 aromatic heterocycles. The van der Waals surface area contributed by atoms with E-state index < -0.39 is 5.60 Å². The van der Waals surface area contributed by atoms with Crippen LogP contribution in [0.15, 0.2) is 30.9 Å². The molecule has 0 radical (unpaired) electrons. The SMILES string of the molecule is CCn1cc(-c2cn[nH]c2)c2cc(C#CC3(O)CCCC3)ncc21. The maximum atomic E-state index is 10.4. The molecule has 5 nitrogen and oxygen atoms in total. The molecule has 0 amide bonds. The minimum atomic E-state index is -0.834. The number of nitrogens with one attached hydrogen (secondary N) is 1. The molecule has 0 aliphatic heterocycles. The van der Waals surface area contributed by atoms with Crippen LogP contribution in [0.4, 0.5) is 0 Å². The smallest absolute Gasteiger partial charge is 0.125 e. The highest BCUT2D eigenvalue weighted by Gasteiger charge is 2.28. The van der Waals surface area contributed by atoms with E-state index >= 15 is 0 Å². The lowest BCUT2D eigenvalue weighted by atomic mass is 10.0. The first-order valence-electron chi connectivity index (χ1n) is 8.42. The fourth-order valence-electron chi connectivity index (χ4n) is 3.41. The van der Waals surface area contributed by atoms with Crippen molar-refractivity contribution in [1.82, 2.24) is 19.7 Å². The number of hydrogen-bond donors (Lipinski definition) is 2. The molecule has 3 aromatic rings. The third-order valence-electron chi connectivity index (χ3n) is 4.77. The lowest BCUT2D eigenvalue weighted by Gasteiger charge is -2.12. The number of hydrogen-bond acceptors (Lipinski definition) is 3. The monoisotopic (exact) mass is 320 g/mol. The van der Waals surface area contributed by atoms with Crippen LogP contribution in [0.25, 0.3) is 22.0 Å². The first-order valence-corrected chi connectivity index (χ1v) is 8.42. The molecule has 122 valence electrons.